The Morgan fingerprint density at radius 2 is 1.94 bits per heavy atom. The molecule has 2 N–H and O–H groups in total. The van der Waals surface area contributed by atoms with Crippen LogP contribution < -0.4 is 0 Å². The third-order valence-corrected chi connectivity index (χ3v) is 3.76. The van der Waals surface area contributed by atoms with Crippen LogP contribution in [0.15, 0.2) is 24.3 Å². The Labute approximate surface area is 113 Å². The molecule has 0 bridgehead atoms. The van der Waals surface area contributed by atoms with E-state index in [4.69, 9.17) is 11.6 Å². The summed E-state index contributed by atoms with van der Waals surface area (Å²) >= 11 is 6.04. The highest BCUT2D eigenvalue weighted by atomic mass is 35.5. The molecular formula is C14H20ClNO2. The number of halogens is 1. The van der Waals surface area contributed by atoms with Crippen LogP contribution in [0.25, 0.3) is 0 Å². The topological polar surface area (TPSA) is 43.7 Å². The van der Waals surface area contributed by atoms with E-state index in [1.807, 2.05) is 30.1 Å². The minimum absolute atomic E-state index is 0.270. The van der Waals surface area contributed by atoms with Gasteiger partial charge in [0.1, 0.15) is 0 Å². The van der Waals surface area contributed by atoms with E-state index in [1.54, 1.807) is 6.07 Å². The molecule has 18 heavy (non-hydrogen) atoms. The van der Waals surface area contributed by atoms with Crippen LogP contribution in [0.1, 0.15) is 24.5 Å². The van der Waals surface area contributed by atoms with Gasteiger partial charge in [-0.1, -0.05) is 29.8 Å². The lowest BCUT2D eigenvalue weighted by atomic mass is 10.1. The molecule has 0 amide bonds. The Morgan fingerprint density at radius 1 is 1.28 bits per heavy atom. The molecule has 2 unspecified atom stereocenters. The molecule has 0 aliphatic heterocycles. The molecule has 0 heterocycles. The Hall–Kier alpha value is -0.610. The Morgan fingerprint density at radius 3 is 2.56 bits per heavy atom. The highest BCUT2D eigenvalue weighted by molar-refractivity contribution is 6.31. The average Bonchev–Trinajstić information content (AvgIpc) is 3.12. The minimum atomic E-state index is -0.616. The minimum Gasteiger partial charge on any atom is -0.392 e. The SMILES string of the molecule is CN(CC(O)c1ccccc1Cl)CC(O)C1CC1. The molecule has 0 radical (unpaired) electrons. The number of aliphatic hydroxyl groups excluding tert-OH is 2. The van der Waals surface area contributed by atoms with Gasteiger partial charge in [0.2, 0.25) is 0 Å². The van der Waals surface area contributed by atoms with Crippen LogP contribution in [-0.4, -0.2) is 41.4 Å². The molecule has 4 heteroatoms. The van der Waals surface area contributed by atoms with Crippen molar-refractivity contribution in [2.24, 2.45) is 5.92 Å². The molecule has 1 fully saturated rings. The highest BCUT2D eigenvalue weighted by Gasteiger charge is 2.30. The van der Waals surface area contributed by atoms with Crippen LogP contribution in [0.5, 0.6) is 0 Å². The van der Waals surface area contributed by atoms with E-state index >= 15 is 0 Å². The predicted octanol–water partition coefficient (Wildman–Crippen LogP) is 2.08. The van der Waals surface area contributed by atoms with Crippen molar-refractivity contribution in [3.8, 4) is 0 Å². The largest absolute Gasteiger partial charge is 0.392 e. The normalized spacial score (nSPS) is 18.9. The van der Waals surface area contributed by atoms with Gasteiger partial charge in [0, 0.05) is 23.7 Å². The van der Waals surface area contributed by atoms with Gasteiger partial charge in [0.25, 0.3) is 0 Å². The zero-order valence-corrected chi connectivity index (χ0v) is 11.3. The standard InChI is InChI=1S/C14H20ClNO2/c1-16(8-13(17)10-6-7-10)9-14(18)11-4-2-3-5-12(11)15/h2-5,10,13-14,17-18H,6-9H2,1H3. The fraction of sp³-hybridized carbons (Fsp3) is 0.571. The summed E-state index contributed by atoms with van der Waals surface area (Å²) in [6.07, 6.45) is 1.37. The van der Waals surface area contributed by atoms with Gasteiger partial charge < -0.3 is 15.1 Å². The molecular weight excluding hydrogens is 250 g/mol. The Balaban J connectivity index is 1.86. The smallest absolute Gasteiger partial charge is 0.0931 e. The van der Waals surface area contributed by atoms with E-state index in [0.717, 1.165) is 18.4 Å². The molecule has 1 aliphatic rings. The maximum absolute atomic E-state index is 10.1. The maximum Gasteiger partial charge on any atom is 0.0931 e. The van der Waals surface area contributed by atoms with Gasteiger partial charge in [-0.05, 0) is 31.9 Å². The summed E-state index contributed by atoms with van der Waals surface area (Å²) < 4.78 is 0. The lowest BCUT2D eigenvalue weighted by Gasteiger charge is -2.23. The Kier molecular flexibility index (Phi) is 4.62. The first-order chi connectivity index (χ1) is 8.58. The van der Waals surface area contributed by atoms with Crippen molar-refractivity contribution in [1.29, 1.82) is 0 Å². The lowest BCUT2D eigenvalue weighted by Crippen LogP contribution is -2.33. The van der Waals surface area contributed by atoms with Crippen LogP contribution >= 0.6 is 11.6 Å². The summed E-state index contributed by atoms with van der Waals surface area (Å²) in [6, 6.07) is 7.32. The summed E-state index contributed by atoms with van der Waals surface area (Å²) in [7, 11) is 1.91. The molecule has 1 aromatic carbocycles. The van der Waals surface area contributed by atoms with Crippen LogP contribution in [0.2, 0.25) is 5.02 Å². The molecule has 3 nitrogen and oxygen atoms in total. The maximum atomic E-state index is 10.1. The highest BCUT2D eigenvalue weighted by Crippen LogP contribution is 2.33. The van der Waals surface area contributed by atoms with Crippen molar-refractivity contribution < 1.29 is 10.2 Å². The number of rotatable bonds is 6. The van der Waals surface area contributed by atoms with Gasteiger partial charge in [0.05, 0.1) is 12.2 Å². The van der Waals surface area contributed by atoms with E-state index < -0.39 is 6.10 Å². The molecule has 1 saturated carbocycles. The fourth-order valence-electron chi connectivity index (χ4n) is 2.16. The third kappa shape index (κ3) is 3.69. The van der Waals surface area contributed by atoms with Gasteiger partial charge in [-0.3, -0.25) is 0 Å². The number of aliphatic hydroxyl groups is 2. The Bertz CT molecular complexity index is 395. The number of benzene rings is 1. The van der Waals surface area contributed by atoms with Crippen molar-refractivity contribution >= 4 is 11.6 Å². The van der Waals surface area contributed by atoms with Crippen LogP contribution in [0, 0.1) is 5.92 Å². The summed E-state index contributed by atoms with van der Waals surface area (Å²) in [5.41, 5.74) is 0.743. The zero-order valence-electron chi connectivity index (χ0n) is 10.6. The summed E-state index contributed by atoms with van der Waals surface area (Å²) in [6.45, 7) is 1.08. The van der Waals surface area contributed by atoms with Crippen molar-refractivity contribution in [3.05, 3.63) is 34.9 Å². The second-order valence-electron chi connectivity index (χ2n) is 5.16. The molecule has 100 valence electrons. The molecule has 1 aromatic rings. The van der Waals surface area contributed by atoms with Crippen molar-refractivity contribution in [1.82, 2.24) is 4.90 Å². The monoisotopic (exact) mass is 269 g/mol. The quantitative estimate of drug-likeness (QED) is 0.831. The van der Waals surface area contributed by atoms with Gasteiger partial charge in [-0.2, -0.15) is 0 Å². The van der Waals surface area contributed by atoms with Crippen LogP contribution in [0.4, 0.5) is 0 Å². The third-order valence-electron chi connectivity index (χ3n) is 3.41. The number of hydrogen-bond donors (Lipinski definition) is 2. The molecule has 0 saturated heterocycles. The first-order valence-corrected chi connectivity index (χ1v) is 6.75. The van der Waals surface area contributed by atoms with E-state index in [-0.39, 0.29) is 6.10 Å². The average molecular weight is 270 g/mol. The van der Waals surface area contributed by atoms with Gasteiger partial charge in [-0.25, -0.2) is 0 Å². The number of nitrogens with zero attached hydrogens (tertiary/aromatic N) is 1. The van der Waals surface area contributed by atoms with E-state index in [1.165, 1.54) is 0 Å². The summed E-state index contributed by atoms with van der Waals surface area (Å²) in [5.74, 6) is 0.463. The fourth-order valence-corrected chi connectivity index (χ4v) is 2.42. The van der Waals surface area contributed by atoms with Crippen molar-refractivity contribution in [3.63, 3.8) is 0 Å². The predicted molar refractivity (Wildman–Crippen MR) is 72.6 cm³/mol. The number of likely N-dealkylation sites (N-methyl/N-ethyl adjacent to an activating group) is 1. The zero-order chi connectivity index (χ0) is 13.1. The van der Waals surface area contributed by atoms with E-state index in [9.17, 15) is 10.2 Å². The molecule has 2 rings (SSSR count). The van der Waals surface area contributed by atoms with Gasteiger partial charge in [0.15, 0.2) is 0 Å². The summed E-state index contributed by atoms with van der Waals surface area (Å²) in [4.78, 5) is 1.96. The molecule has 1 aliphatic carbocycles. The molecule has 0 aromatic heterocycles. The second-order valence-corrected chi connectivity index (χ2v) is 5.57. The van der Waals surface area contributed by atoms with Crippen LogP contribution in [0.3, 0.4) is 0 Å². The van der Waals surface area contributed by atoms with E-state index in [2.05, 4.69) is 0 Å². The second kappa shape index (κ2) is 6.02. The number of hydrogen-bond acceptors (Lipinski definition) is 3. The van der Waals surface area contributed by atoms with Crippen molar-refractivity contribution in [2.75, 3.05) is 20.1 Å². The van der Waals surface area contributed by atoms with Gasteiger partial charge >= 0.3 is 0 Å². The first-order valence-electron chi connectivity index (χ1n) is 6.37. The molecule has 2 atom stereocenters. The lowest BCUT2D eigenvalue weighted by molar-refractivity contribution is 0.0733. The van der Waals surface area contributed by atoms with E-state index in [0.29, 0.717) is 24.0 Å². The first kappa shape index (κ1) is 13.8. The molecule has 0 spiro atoms. The van der Waals surface area contributed by atoms with Crippen LogP contribution in [-0.2, 0) is 0 Å². The van der Waals surface area contributed by atoms with Crippen molar-refractivity contribution in [2.45, 2.75) is 25.0 Å². The summed E-state index contributed by atoms with van der Waals surface area (Å²) in [5, 5.41) is 20.6. The van der Waals surface area contributed by atoms with Gasteiger partial charge in [-0.15, -0.1) is 0 Å².